The van der Waals surface area contributed by atoms with Crippen LogP contribution in [-0.4, -0.2) is 13.2 Å². The SMILES string of the molecule is COc1ccc([C@@H]2C=C3c4ccccc4C=C[C@@H]3OO2)cc1. The first-order valence-corrected chi connectivity index (χ1v) is 7.30. The minimum atomic E-state index is -0.211. The molecule has 2 aromatic carbocycles. The molecule has 2 aliphatic rings. The highest BCUT2D eigenvalue weighted by atomic mass is 17.2. The Morgan fingerprint density at radius 3 is 2.50 bits per heavy atom. The van der Waals surface area contributed by atoms with Crippen molar-refractivity contribution in [1.29, 1.82) is 0 Å². The molecule has 1 heterocycles. The number of ether oxygens (including phenoxy) is 1. The second-order valence-corrected chi connectivity index (χ2v) is 5.38. The summed E-state index contributed by atoms with van der Waals surface area (Å²) in [6.45, 7) is 0. The van der Waals surface area contributed by atoms with Crippen molar-refractivity contribution in [1.82, 2.24) is 0 Å². The van der Waals surface area contributed by atoms with E-state index in [1.54, 1.807) is 7.11 Å². The number of benzene rings is 2. The predicted molar refractivity (Wildman–Crippen MR) is 85.1 cm³/mol. The normalized spacial score (nSPS) is 22.5. The lowest BCUT2D eigenvalue weighted by molar-refractivity contribution is -0.330. The molecule has 2 atom stereocenters. The van der Waals surface area contributed by atoms with Crippen LogP contribution in [0.15, 0.2) is 60.7 Å². The molecule has 0 spiro atoms. The first kappa shape index (κ1) is 13.3. The fraction of sp³-hybridized carbons (Fsp3) is 0.158. The molecule has 0 fully saturated rings. The van der Waals surface area contributed by atoms with Crippen molar-refractivity contribution < 1.29 is 14.5 Å². The second-order valence-electron chi connectivity index (χ2n) is 5.38. The van der Waals surface area contributed by atoms with Gasteiger partial charge in [-0.25, -0.2) is 9.78 Å². The molecule has 0 amide bonds. The van der Waals surface area contributed by atoms with Crippen molar-refractivity contribution in [3.63, 3.8) is 0 Å². The number of rotatable bonds is 2. The summed E-state index contributed by atoms with van der Waals surface area (Å²) < 4.78 is 5.19. The van der Waals surface area contributed by atoms with Gasteiger partial charge in [-0.3, -0.25) is 0 Å². The van der Waals surface area contributed by atoms with Gasteiger partial charge in [-0.2, -0.15) is 0 Å². The molecule has 1 aliphatic heterocycles. The number of methoxy groups -OCH3 is 1. The number of fused-ring (bicyclic) bond motifs is 3. The smallest absolute Gasteiger partial charge is 0.137 e. The average molecular weight is 292 g/mol. The summed E-state index contributed by atoms with van der Waals surface area (Å²) in [6.07, 6.45) is 5.90. The summed E-state index contributed by atoms with van der Waals surface area (Å²) in [5, 5.41) is 0. The molecule has 0 saturated heterocycles. The van der Waals surface area contributed by atoms with Crippen LogP contribution in [0.25, 0.3) is 11.6 Å². The third-order valence-corrected chi connectivity index (χ3v) is 4.07. The van der Waals surface area contributed by atoms with E-state index in [0.29, 0.717) is 0 Å². The zero-order chi connectivity index (χ0) is 14.9. The van der Waals surface area contributed by atoms with Gasteiger partial charge >= 0.3 is 0 Å². The number of hydrogen-bond donors (Lipinski definition) is 0. The molecular weight excluding hydrogens is 276 g/mol. The van der Waals surface area contributed by atoms with Crippen LogP contribution in [0.5, 0.6) is 5.75 Å². The molecule has 0 saturated carbocycles. The summed E-state index contributed by atoms with van der Waals surface area (Å²) in [5.41, 5.74) is 4.62. The third-order valence-electron chi connectivity index (χ3n) is 4.07. The van der Waals surface area contributed by atoms with Crippen molar-refractivity contribution in [3.8, 4) is 5.75 Å². The lowest BCUT2D eigenvalue weighted by Crippen LogP contribution is -2.23. The van der Waals surface area contributed by atoms with E-state index in [4.69, 9.17) is 14.5 Å². The second kappa shape index (κ2) is 5.44. The summed E-state index contributed by atoms with van der Waals surface area (Å²) in [5.74, 6) is 0.831. The van der Waals surface area contributed by atoms with Crippen LogP contribution in [-0.2, 0) is 9.78 Å². The van der Waals surface area contributed by atoms with E-state index in [0.717, 1.165) is 16.9 Å². The fourth-order valence-corrected chi connectivity index (χ4v) is 2.88. The van der Waals surface area contributed by atoms with Crippen LogP contribution in [0.4, 0.5) is 0 Å². The Labute approximate surface area is 129 Å². The Balaban J connectivity index is 1.71. The summed E-state index contributed by atoms with van der Waals surface area (Å²) in [4.78, 5) is 11.1. The van der Waals surface area contributed by atoms with Crippen LogP contribution in [0.2, 0.25) is 0 Å². The van der Waals surface area contributed by atoms with Crippen molar-refractivity contribution in [3.05, 3.63) is 77.4 Å². The summed E-state index contributed by atoms with van der Waals surface area (Å²) in [6, 6.07) is 16.2. The molecule has 0 unspecified atom stereocenters. The first-order valence-electron chi connectivity index (χ1n) is 7.30. The molecule has 1 aliphatic carbocycles. The van der Waals surface area contributed by atoms with Gasteiger partial charge < -0.3 is 4.74 Å². The van der Waals surface area contributed by atoms with Crippen LogP contribution in [0.3, 0.4) is 0 Å². The van der Waals surface area contributed by atoms with Crippen molar-refractivity contribution in [2.45, 2.75) is 12.2 Å². The van der Waals surface area contributed by atoms with E-state index in [2.05, 4.69) is 24.3 Å². The maximum absolute atomic E-state index is 5.58. The average Bonchev–Trinajstić information content (AvgIpc) is 2.61. The highest BCUT2D eigenvalue weighted by Gasteiger charge is 2.28. The van der Waals surface area contributed by atoms with Crippen molar-refractivity contribution >= 4 is 11.6 Å². The maximum Gasteiger partial charge on any atom is 0.137 e. The van der Waals surface area contributed by atoms with E-state index in [1.807, 2.05) is 42.5 Å². The van der Waals surface area contributed by atoms with Gasteiger partial charge in [0.25, 0.3) is 0 Å². The Hall–Kier alpha value is -2.36. The zero-order valence-electron chi connectivity index (χ0n) is 12.2. The third kappa shape index (κ3) is 2.25. The van der Waals surface area contributed by atoms with Gasteiger partial charge in [0.15, 0.2) is 0 Å². The molecule has 2 aromatic rings. The monoisotopic (exact) mass is 292 g/mol. The van der Waals surface area contributed by atoms with Crippen molar-refractivity contribution in [2.24, 2.45) is 0 Å². The van der Waals surface area contributed by atoms with E-state index >= 15 is 0 Å². The molecule has 3 nitrogen and oxygen atoms in total. The van der Waals surface area contributed by atoms with Crippen LogP contribution in [0.1, 0.15) is 22.8 Å². The van der Waals surface area contributed by atoms with E-state index < -0.39 is 0 Å². The predicted octanol–water partition coefficient (Wildman–Crippen LogP) is 4.18. The van der Waals surface area contributed by atoms with Crippen LogP contribution >= 0.6 is 0 Å². The van der Waals surface area contributed by atoms with Gasteiger partial charge in [0.1, 0.15) is 18.0 Å². The Kier molecular flexibility index (Phi) is 3.29. The molecule has 4 rings (SSSR count). The fourth-order valence-electron chi connectivity index (χ4n) is 2.88. The van der Waals surface area contributed by atoms with E-state index in [1.165, 1.54) is 11.1 Å². The molecule has 110 valence electrons. The molecule has 0 aromatic heterocycles. The Morgan fingerprint density at radius 2 is 1.68 bits per heavy atom. The summed E-state index contributed by atoms with van der Waals surface area (Å²) >= 11 is 0. The van der Waals surface area contributed by atoms with Gasteiger partial charge in [-0.15, -0.1) is 0 Å². The minimum absolute atomic E-state index is 0.135. The topological polar surface area (TPSA) is 27.7 Å². The lowest BCUT2D eigenvalue weighted by atomic mass is 9.88. The maximum atomic E-state index is 5.58. The van der Waals surface area contributed by atoms with Gasteiger partial charge in [0.05, 0.1) is 7.11 Å². The van der Waals surface area contributed by atoms with Gasteiger partial charge in [0, 0.05) is 0 Å². The Bertz CT molecular complexity index is 744. The number of hydrogen-bond acceptors (Lipinski definition) is 3. The minimum Gasteiger partial charge on any atom is -0.497 e. The van der Waals surface area contributed by atoms with Gasteiger partial charge in [-0.05, 0) is 46.5 Å². The molecule has 0 bridgehead atoms. The van der Waals surface area contributed by atoms with Gasteiger partial charge in [0.2, 0.25) is 0 Å². The first-order chi connectivity index (χ1) is 10.8. The zero-order valence-corrected chi connectivity index (χ0v) is 12.2. The molecule has 3 heteroatoms. The van der Waals surface area contributed by atoms with Crippen molar-refractivity contribution in [2.75, 3.05) is 7.11 Å². The largest absolute Gasteiger partial charge is 0.497 e. The van der Waals surface area contributed by atoms with Crippen LogP contribution < -0.4 is 4.74 Å². The van der Waals surface area contributed by atoms with Gasteiger partial charge in [-0.1, -0.05) is 42.5 Å². The van der Waals surface area contributed by atoms with Crippen LogP contribution in [0, 0.1) is 0 Å². The van der Waals surface area contributed by atoms with E-state index in [9.17, 15) is 0 Å². The standard InChI is InChI=1S/C19H16O3/c1-20-15-9-6-14(7-10-15)19-12-17-16-5-3-2-4-13(16)8-11-18(17)21-22-19/h2-12,18-19H,1H3/t18-,19-/m0/s1. The molecule has 0 radical (unpaired) electrons. The highest BCUT2D eigenvalue weighted by Crippen LogP contribution is 2.38. The molecule has 22 heavy (non-hydrogen) atoms. The Morgan fingerprint density at radius 1 is 0.909 bits per heavy atom. The quantitative estimate of drug-likeness (QED) is 0.777. The van der Waals surface area contributed by atoms with E-state index in [-0.39, 0.29) is 12.2 Å². The summed E-state index contributed by atoms with van der Waals surface area (Å²) in [7, 11) is 1.66. The highest BCUT2D eigenvalue weighted by molar-refractivity contribution is 5.82. The molecular formula is C19H16O3. The lowest BCUT2D eigenvalue weighted by Gasteiger charge is -2.29. The molecule has 0 N–H and O–H groups in total.